The summed E-state index contributed by atoms with van der Waals surface area (Å²) in [5, 5.41) is 24.3. The Morgan fingerprint density at radius 1 is 1.10 bits per heavy atom. The Balaban J connectivity index is 1.81. The standard InChI is InChI=1S/C16H25N5/c1-12-13(2)20-21-16(15(12)11-17)19-10-9-18-14-7-5-3-4-6-8-14/h14,18H,3-10H2,1-2H3,(H,19,21). The van der Waals surface area contributed by atoms with E-state index < -0.39 is 0 Å². The fourth-order valence-electron chi connectivity index (χ4n) is 2.81. The lowest BCUT2D eigenvalue weighted by Crippen LogP contribution is -2.32. The molecule has 21 heavy (non-hydrogen) atoms. The third-order valence-electron chi connectivity index (χ3n) is 4.27. The summed E-state index contributed by atoms with van der Waals surface area (Å²) in [5.41, 5.74) is 2.33. The van der Waals surface area contributed by atoms with Crippen LogP contribution in [0.15, 0.2) is 0 Å². The predicted octanol–water partition coefficient (Wildman–Crippen LogP) is 2.69. The van der Waals surface area contributed by atoms with Crippen molar-refractivity contribution in [1.82, 2.24) is 15.5 Å². The van der Waals surface area contributed by atoms with Gasteiger partial charge in [-0.15, -0.1) is 5.10 Å². The summed E-state index contributed by atoms with van der Waals surface area (Å²) >= 11 is 0. The molecule has 0 atom stereocenters. The van der Waals surface area contributed by atoms with E-state index in [0.29, 0.717) is 17.4 Å². The van der Waals surface area contributed by atoms with Gasteiger partial charge in [0.05, 0.1) is 5.69 Å². The highest BCUT2D eigenvalue weighted by Gasteiger charge is 2.12. The van der Waals surface area contributed by atoms with E-state index >= 15 is 0 Å². The molecule has 0 unspecified atom stereocenters. The number of rotatable bonds is 5. The number of aryl methyl sites for hydroxylation is 1. The van der Waals surface area contributed by atoms with Crippen LogP contribution in [0.3, 0.4) is 0 Å². The van der Waals surface area contributed by atoms with Crippen LogP contribution in [-0.2, 0) is 0 Å². The van der Waals surface area contributed by atoms with Gasteiger partial charge in [0.1, 0.15) is 11.6 Å². The molecule has 2 rings (SSSR count). The van der Waals surface area contributed by atoms with Gasteiger partial charge in [0.15, 0.2) is 5.82 Å². The second-order valence-electron chi connectivity index (χ2n) is 5.82. The largest absolute Gasteiger partial charge is 0.366 e. The molecule has 5 nitrogen and oxygen atoms in total. The molecule has 1 heterocycles. The zero-order valence-electron chi connectivity index (χ0n) is 13.1. The highest BCUT2D eigenvalue weighted by molar-refractivity contribution is 5.55. The summed E-state index contributed by atoms with van der Waals surface area (Å²) in [6, 6.07) is 2.87. The second kappa shape index (κ2) is 7.94. The summed E-state index contributed by atoms with van der Waals surface area (Å²) < 4.78 is 0. The molecule has 0 radical (unpaired) electrons. The molecule has 5 heteroatoms. The Labute approximate surface area is 127 Å². The molecule has 1 aliphatic rings. The molecule has 114 valence electrons. The summed E-state index contributed by atoms with van der Waals surface area (Å²) in [6.45, 7) is 5.45. The molecule has 1 aromatic heterocycles. The Bertz CT molecular complexity index is 498. The quantitative estimate of drug-likeness (QED) is 0.643. The van der Waals surface area contributed by atoms with Gasteiger partial charge >= 0.3 is 0 Å². The van der Waals surface area contributed by atoms with Gasteiger partial charge in [-0.2, -0.15) is 10.4 Å². The monoisotopic (exact) mass is 287 g/mol. The number of nitriles is 1. The molecule has 1 aliphatic carbocycles. The van der Waals surface area contributed by atoms with E-state index in [1.807, 2.05) is 13.8 Å². The lowest BCUT2D eigenvalue weighted by Gasteiger charge is -2.16. The Kier molecular flexibility index (Phi) is 5.94. The van der Waals surface area contributed by atoms with Gasteiger partial charge < -0.3 is 10.6 Å². The van der Waals surface area contributed by atoms with Crippen LogP contribution in [0.4, 0.5) is 5.82 Å². The van der Waals surface area contributed by atoms with Gasteiger partial charge in [-0.3, -0.25) is 0 Å². The van der Waals surface area contributed by atoms with Crippen molar-refractivity contribution in [3.05, 3.63) is 16.8 Å². The number of aromatic nitrogens is 2. The minimum Gasteiger partial charge on any atom is -0.366 e. The van der Waals surface area contributed by atoms with E-state index in [1.54, 1.807) is 0 Å². The molecular formula is C16H25N5. The Morgan fingerprint density at radius 2 is 1.81 bits per heavy atom. The van der Waals surface area contributed by atoms with Crippen molar-refractivity contribution in [2.75, 3.05) is 18.4 Å². The van der Waals surface area contributed by atoms with E-state index in [-0.39, 0.29) is 0 Å². The zero-order valence-corrected chi connectivity index (χ0v) is 13.1. The predicted molar refractivity (Wildman–Crippen MR) is 84.2 cm³/mol. The summed E-state index contributed by atoms with van der Waals surface area (Å²) in [5.74, 6) is 0.600. The van der Waals surface area contributed by atoms with Crippen molar-refractivity contribution >= 4 is 5.82 Å². The van der Waals surface area contributed by atoms with Crippen LogP contribution in [0.1, 0.15) is 55.3 Å². The van der Waals surface area contributed by atoms with E-state index in [1.165, 1.54) is 38.5 Å². The summed E-state index contributed by atoms with van der Waals surface area (Å²) in [7, 11) is 0. The molecule has 1 fully saturated rings. The number of anilines is 1. The first-order valence-corrected chi connectivity index (χ1v) is 7.93. The van der Waals surface area contributed by atoms with Crippen LogP contribution >= 0.6 is 0 Å². The molecule has 0 saturated heterocycles. The molecule has 0 amide bonds. The molecule has 0 aromatic carbocycles. The van der Waals surface area contributed by atoms with Crippen molar-refractivity contribution in [3.63, 3.8) is 0 Å². The zero-order chi connectivity index (χ0) is 15.1. The number of hydrogen-bond acceptors (Lipinski definition) is 5. The van der Waals surface area contributed by atoms with Crippen molar-refractivity contribution in [2.45, 2.75) is 58.4 Å². The van der Waals surface area contributed by atoms with Crippen LogP contribution in [0, 0.1) is 25.2 Å². The van der Waals surface area contributed by atoms with Crippen LogP contribution < -0.4 is 10.6 Å². The Hall–Kier alpha value is -1.67. The first-order chi connectivity index (χ1) is 10.2. The topological polar surface area (TPSA) is 73.6 Å². The van der Waals surface area contributed by atoms with Gasteiger partial charge in [-0.05, 0) is 32.3 Å². The SMILES string of the molecule is Cc1nnc(NCCNC2CCCCCC2)c(C#N)c1C. The van der Waals surface area contributed by atoms with Crippen LogP contribution in [-0.4, -0.2) is 29.3 Å². The number of hydrogen-bond donors (Lipinski definition) is 2. The lowest BCUT2D eigenvalue weighted by atomic mass is 10.1. The molecular weight excluding hydrogens is 262 g/mol. The van der Waals surface area contributed by atoms with Crippen LogP contribution in [0.2, 0.25) is 0 Å². The van der Waals surface area contributed by atoms with Crippen molar-refractivity contribution in [2.24, 2.45) is 0 Å². The third-order valence-corrected chi connectivity index (χ3v) is 4.27. The van der Waals surface area contributed by atoms with E-state index in [9.17, 15) is 5.26 Å². The van der Waals surface area contributed by atoms with Crippen LogP contribution in [0.25, 0.3) is 0 Å². The molecule has 0 bridgehead atoms. The van der Waals surface area contributed by atoms with Crippen molar-refractivity contribution in [1.29, 1.82) is 5.26 Å². The van der Waals surface area contributed by atoms with E-state index in [4.69, 9.17) is 0 Å². The second-order valence-corrected chi connectivity index (χ2v) is 5.82. The first kappa shape index (κ1) is 15.7. The molecule has 1 saturated carbocycles. The van der Waals surface area contributed by atoms with E-state index in [0.717, 1.165) is 24.3 Å². The Morgan fingerprint density at radius 3 is 2.48 bits per heavy atom. The molecule has 2 N–H and O–H groups in total. The number of nitrogens with one attached hydrogen (secondary N) is 2. The molecule has 0 aliphatic heterocycles. The minimum absolute atomic E-state index is 0.600. The van der Waals surface area contributed by atoms with Gasteiger partial charge in [-0.1, -0.05) is 25.7 Å². The molecule has 0 spiro atoms. The highest BCUT2D eigenvalue weighted by Crippen LogP contribution is 2.18. The minimum atomic E-state index is 0.600. The highest BCUT2D eigenvalue weighted by atomic mass is 15.2. The van der Waals surface area contributed by atoms with Gasteiger partial charge in [0.2, 0.25) is 0 Å². The average molecular weight is 287 g/mol. The first-order valence-electron chi connectivity index (χ1n) is 7.93. The normalized spacial score (nSPS) is 16.2. The maximum atomic E-state index is 9.24. The van der Waals surface area contributed by atoms with Gasteiger partial charge in [0, 0.05) is 19.1 Å². The maximum absolute atomic E-state index is 9.24. The maximum Gasteiger partial charge on any atom is 0.166 e. The summed E-state index contributed by atoms with van der Waals surface area (Å²) in [6.07, 6.45) is 8.00. The fraction of sp³-hybridized carbons (Fsp3) is 0.688. The van der Waals surface area contributed by atoms with E-state index in [2.05, 4.69) is 26.9 Å². The third kappa shape index (κ3) is 4.40. The molecule has 1 aromatic rings. The number of nitrogens with zero attached hydrogens (tertiary/aromatic N) is 3. The average Bonchev–Trinajstić information content (AvgIpc) is 2.76. The van der Waals surface area contributed by atoms with Crippen molar-refractivity contribution in [3.8, 4) is 6.07 Å². The lowest BCUT2D eigenvalue weighted by molar-refractivity contribution is 0.468. The summed E-state index contributed by atoms with van der Waals surface area (Å²) in [4.78, 5) is 0. The van der Waals surface area contributed by atoms with Gasteiger partial charge in [-0.25, -0.2) is 0 Å². The van der Waals surface area contributed by atoms with Crippen LogP contribution in [0.5, 0.6) is 0 Å². The van der Waals surface area contributed by atoms with Gasteiger partial charge in [0.25, 0.3) is 0 Å². The smallest absolute Gasteiger partial charge is 0.166 e. The van der Waals surface area contributed by atoms with Crippen molar-refractivity contribution < 1.29 is 0 Å². The fourth-order valence-corrected chi connectivity index (χ4v) is 2.81.